The predicted octanol–water partition coefficient (Wildman–Crippen LogP) is 1.12. The third kappa shape index (κ3) is 5.92. The van der Waals surface area contributed by atoms with Gasteiger partial charge in [-0.05, 0) is 5.92 Å². The summed E-state index contributed by atoms with van der Waals surface area (Å²) in [5.41, 5.74) is 0. The van der Waals surface area contributed by atoms with Crippen molar-refractivity contribution in [3.63, 3.8) is 0 Å². The molecule has 0 aliphatic rings. The van der Waals surface area contributed by atoms with Crippen molar-refractivity contribution in [2.75, 3.05) is 6.61 Å². The van der Waals surface area contributed by atoms with Gasteiger partial charge in [0.25, 0.3) is 0 Å². The molecule has 0 fully saturated rings. The molecule has 12 heavy (non-hydrogen) atoms. The minimum atomic E-state index is -0.787. The second-order valence-electron chi connectivity index (χ2n) is 3.08. The number of aliphatic hydroxyl groups is 1. The van der Waals surface area contributed by atoms with E-state index in [0.717, 1.165) is 0 Å². The fourth-order valence-corrected chi connectivity index (χ4v) is 0.573. The van der Waals surface area contributed by atoms with Gasteiger partial charge in [-0.3, -0.25) is 4.79 Å². The number of hydrogen-bond acceptors (Lipinski definition) is 3. The highest BCUT2D eigenvalue weighted by atomic mass is 16.5. The van der Waals surface area contributed by atoms with Crippen LogP contribution in [0.1, 0.15) is 20.3 Å². The van der Waals surface area contributed by atoms with Crippen LogP contribution in [0.4, 0.5) is 0 Å². The summed E-state index contributed by atoms with van der Waals surface area (Å²) in [6.07, 6.45) is 0.525. The second-order valence-corrected chi connectivity index (χ2v) is 3.08. The first-order chi connectivity index (χ1) is 5.56. The molecule has 0 spiro atoms. The van der Waals surface area contributed by atoms with Crippen molar-refractivity contribution in [3.05, 3.63) is 12.7 Å². The summed E-state index contributed by atoms with van der Waals surface area (Å²) in [6, 6.07) is 0. The summed E-state index contributed by atoms with van der Waals surface area (Å²) in [5.74, 6) is -0.0501. The van der Waals surface area contributed by atoms with Gasteiger partial charge in [0, 0.05) is 0 Å². The summed E-state index contributed by atoms with van der Waals surface area (Å²) in [5, 5.41) is 8.97. The topological polar surface area (TPSA) is 46.5 Å². The zero-order valence-corrected chi connectivity index (χ0v) is 7.62. The Bertz CT molecular complexity index is 152. The molecular weight excluding hydrogens is 156 g/mol. The van der Waals surface area contributed by atoms with Crippen molar-refractivity contribution in [2.24, 2.45) is 5.92 Å². The number of carbonyl (C=O) groups is 1. The van der Waals surface area contributed by atoms with Crippen LogP contribution in [0.2, 0.25) is 0 Å². The fourth-order valence-electron chi connectivity index (χ4n) is 0.573. The molecule has 0 rings (SSSR count). The van der Waals surface area contributed by atoms with Crippen LogP contribution in [-0.4, -0.2) is 23.8 Å². The molecule has 0 aromatic carbocycles. The molecule has 0 radical (unpaired) electrons. The smallest absolute Gasteiger partial charge is 0.308 e. The Balaban J connectivity index is 3.53. The molecule has 1 N–H and O–H groups in total. The van der Waals surface area contributed by atoms with E-state index in [1.54, 1.807) is 0 Å². The van der Waals surface area contributed by atoms with E-state index in [2.05, 4.69) is 6.58 Å². The van der Waals surface area contributed by atoms with E-state index in [0.29, 0.717) is 12.5 Å². The van der Waals surface area contributed by atoms with Crippen molar-refractivity contribution < 1.29 is 14.6 Å². The molecule has 0 saturated carbocycles. The number of esters is 1. The van der Waals surface area contributed by atoms with E-state index >= 15 is 0 Å². The van der Waals surface area contributed by atoms with Gasteiger partial charge >= 0.3 is 5.97 Å². The molecule has 1 unspecified atom stereocenters. The summed E-state index contributed by atoms with van der Waals surface area (Å²) in [4.78, 5) is 10.9. The number of aliphatic hydroxyl groups excluding tert-OH is 1. The summed E-state index contributed by atoms with van der Waals surface area (Å²) < 4.78 is 4.83. The lowest BCUT2D eigenvalue weighted by Crippen LogP contribution is -2.15. The molecule has 0 aliphatic heterocycles. The van der Waals surface area contributed by atoms with Crippen LogP contribution < -0.4 is 0 Å². The Kier molecular flexibility index (Phi) is 5.37. The van der Waals surface area contributed by atoms with Gasteiger partial charge in [-0.1, -0.05) is 19.9 Å². The van der Waals surface area contributed by atoms with Crippen LogP contribution in [-0.2, 0) is 9.53 Å². The molecule has 3 nitrogen and oxygen atoms in total. The number of ether oxygens (including phenoxy) is 1. The van der Waals surface area contributed by atoms with Crippen molar-refractivity contribution in [2.45, 2.75) is 26.4 Å². The lowest BCUT2D eigenvalue weighted by molar-refractivity contribution is -0.146. The average Bonchev–Trinajstić information content (AvgIpc) is 2.00. The molecule has 1 atom stereocenters. The Hall–Kier alpha value is -0.830. The highest BCUT2D eigenvalue weighted by Gasteiger charge is 2.08. The van der Waals surface area contributed by atoms with Crippen molar-refractivity contribution in [1.82, 2.24) is 0 Å². The van der Waals surface area contributed by atoms with E-state index in [-0.39, 0.29) is 12.4 Å². The summed E-state index contributed by atoms with van der Waals surface area (Å²) in [6.45, 7) is 7.67. The van der Waals surface area contributed by atoms with Gasteiger partial charge in [-0.2, -0.15) is 0 Å². The lowest BCUT2D eigenvalue weighted by Gasteiger charge is -2.08. The number of hydrogen-bond donors (Lipinski definition) is 1. The molecule has 0 bridgehead atoms. The Morgan fingerprint density at radius 1 is 1.67 bits per heavy atom. The van der Waals surface area contributed by atoms with Crippen LogP contribution in [0, 0.1) is 5.92 Å². The molecular formula is C9H16O3. The SMILES string of the molecule is C=CC(O)CC(=O)OCC(C)C. The van der Waals surface area contributed by atoms with E-state index in [1.807, 2.05) is 13.8 Å². The van der Waals surface area contributed by atoms with Crippen LogP contribution in [0.5, 0.6) is 0 Å². The fraction of sp³-hybridized carbons (Fsp3) is 0.667. The van der Waals surface area contributed by atoms with Crippen LogP contribution in [0.15, 0.2) is 12.7 Å². The minimum Gasteiger partial charge on any atom is -0.465 e. The Morgan fingerprint density at radius 2 is 2.25 bits per heavy atom. The molecule has 0 heterocycles. The number of rotatable bonds is 5. The van der Waals surface area contributed by atoms with Crippen molar-refractivity contribution in [3.8, 4) is 0 Å². The van der Waals surface area contributed by atoms with Crippen LogP contribution in [0.25, 0.3) is 0 Å². The molecule has 0 aromatic rings. The average molecular weight is 172 g/mol. The van der Waals surface area contributed by atoms with E-state index in [1.165, 1.54) is 6.08 Å². The predicted molar refractivity (Wildman–Crippen MR) is 46.6 cm³/mol. The molecule has 0 saturated heterocycles. The maximum atomic E-state index is 10.9. The second kappa shape index (κ2) is 5.77. The standard InChI is InChI=1S/C9H16O3/c1-4-8(10)5-9(11)12-6-7(2)3/h4,7-8,10H,1,5-6H2,2-3H3. The maximum absolute atomic E-state index is 10.9. The largest absolute Gasteiger partial charge is 0.465 e. The molecule has 0 aliphatic carbocycles. The Labute approximate surface area is 73.0 Å². The highest BCUT2D eigenvalue weighted by Crippen LogP contribution is 1.98. The minimum absolute atomic E-state index is 0.00375. The van der Waals surface area contributed by atoms with E-state index in [9.17, 15) is 4.79 Å². The molecule has 3 heteroatoms. The van der Waals surface area contributed by atoms with Gasteiger partial charge in [-0.25, -0.2) is 0 Å². The first kappa shape index (κ1) is 11.2. The van der Waals surface area contributed by atoms with Gasteiger partial charge in [0.15, 0.2) is 0 Å². The molecule has 0 aromatic heterocycles. The first-order valence-corrected chi connectivity index (χ1v) is 4.02. The third-order valence-corrected chi connectivity index (χ3v) is 1.23. The van der Waals surface area contributed by atoms with Gasteiger partial charge < -0.3 is 9.84 Å². The quantitative estimate of drug-likeness (QED) is 0.499. The van der Waals surface area contributed by atoms with Gasteiger partial charge in [0.2, 0.25) is 0 Å². The van der Waals surface area contributed by atoms with Crippen molar-refractivity contribution >= 4 is 5.97 Å². The normalized spacial score (nSPS) is 12.7. The number of carbonyl (C=O) groups excluding carboxylic acids is 1. The molecule has 70 valence electrons. The van der Waals surface area contributed by atoms with Crippen LogP contribution >= 0.6 is 0 Å². The van der Waals surface area contributed by atoms with E-state index in [4.69, 9.17) is 9.84 Å². The third-order valence-electron chi connectivity index (χ3n) is 1.23. The zero-order valence-electron chi connectivity index (χ0n) is 7.62. The maximum Gasteiger partial charge on any atom is 0.308 e. The highest BCUT2D eigenvalue weighted by molar-refractivity contribution is 5.70. The summed E-state index contributed by atoms with van der Waals surface area (Å²) >= 11 is 0. The van der Waals surface area contributed by atoms with Gasteiger partial charge in [0.1, 0.15) is 0 Å². The summed E-state index contributed by atoms with van der Waals surface area (Å²) in [7, 11) is 0. The van der Waals surface area contributed by atoms with Crippen molar-refractivity contribution in [1.29, 1.82) is 0 Å². The van der Waals surface area contributed by atoms with Gasteiger partial charge in [0.05, 0.1) is 19.1 Å². The monoisotopic (exact) mass is 172 g/mol. The Morgan fingerprint density at radius 3 is 2.67 bits per heavy atom. The van der Waals surface area contributed by atoms with Gasteiger partial charge in [-0.15, -0.1) is 6.58 Å². The lowest BCUT2D eigenvalue weighted by atomic mass is 10.2. The first-order valence-electron chi connectivity index (χ1n) is 4.02. The van der Waals surface area contributed by atoms with Crippen LogP contribution in [0.3, 0.4) is 0 Å². The van der Waals surface area contributed by atoms with E-state index < -0.39 is 6.10 Å². The zero-order chi connectivity index (χ0) is 9.56. The molecule has 0 amide bonds.